The lowest BCUT2D eigenvalue weighted by Crippen LogP contribution is -2.71. The molecule has 30 heavy (non-hydrogen) atoms. The predicted octanol–water partition coefficient (Wildman–Crippen LogP) is 2.24. The first kappa shape index (κ1) is 19.8. The zero-order valence-corrected chi connectivity index (χ0v) is 18.5. The Labute approximate surface area is 182 Å². The molecule has 2 aliphatic rings. The summed E-state index contributed by atoms with van der Waals surface area (Å²) in [5.41, 5.74) is 2.37. The van der Waals surface area contributed by atoms with E-state index in [1.807, 2.05) is 25.1 Å². The Morgan fingerprint density at radius 3 is 2.70 bits per heavy atom. The van der Waals surface area contributed by atoms with Crippen LogP contribution in [0.5, 0.6) is 0 Å². The minimum atomic E-state index is -1.09. The van der Waals surface area contributed by atoms with Crippen molar-refractivity contribution < 1.29 is 4.21 Å². The van der Waals surface area contributed by atoms with Crippen molar-refractivity contribution in [2.45, 2.75) is 18.2 Å². The van der Waals surface area contributed by atoms with Gasteiger partial charge in [-0.2, -0.15) is 0 Å². The summed E-state index contributed by atoms with van der Waals surface area (Å²) >= 11 is 1.61. The van der Waals surface area contributed by atoms with E-state index in [1.54, 1.807) is 23.7 Å². The Balaban J connectivity index is 1.12. The van der Waals surface area contributed by atoms with Crippen LogP contribution in [-0.4, -0.2) is 62.7 Å². The SMILES string of the molecule is Cc1cnc(NCCCNc2nc3ccc(S(=O)N4CC5(CNC5)C4)cc3s2)nc1. The minimum Gasteiger partial charge on any atom is -0.361 e. The summed E-state index contributed by atoms with van der Waals surface area (Å²) in [5, 5.41) is 10.8. The van der Waals surface area contributed by atoms with Crippen molar-refractivity contribution in [3.63, 3.8) is 0 Å². The molecule has 1 spiro atoms. The third-order valence-electron chi connectivity index (χ3n) is 5.51. The molecule has 2 aromatic heterocycles. The number of hydrogen-bond acceptors (Lipinski definition) is 8. The van der Waals surface area contributed by atoms with Crippen molar-refractivity contribution in [2.24, 2.45) is 5.41 Å². The molecule has 158 valence electrons. The average molecular weight is 444 g/mol. The van der Waals surface area contributed by atoms with Crippen molar-refractivity contribution in [1.82, 2.24) is 24.6 Å². The van der Waals surface area contributed by atoms with E-state index in [-0.39, 0.29) is 0 Å². The van der Waals surface area contributed by atoms with Gasteiger partial charge in [0.1, 0.15) is 11.0 Å². The number of nitrogens with one attached hydrogen (secondary N) is 3. The second-order valence-corrected chi connectivity index (χ2v) is 10.6. The Kier molecular flexibility index (Phi) is 5.40. The number of rotatable bonds is 8. The van der Waals surface area contributed by atoms with Gasteiger partial charge in [0.15, 0.2) is 5.13 Å². The predicted molar refractivity (Wildman–Crippen MR) is 121 cm³/mol. The molecule has 4 heterocycles. The first-order valence-electron chi connectivity index (χ1n) is 10.1. The average Bonchev–Trinajstić information content (AvgIpc) is 3.09. The van der Waals surface area contributed by atoms with Gasteiger partial charge in [0.05, 0.1) is 15.1 Å². The molecule has 0 radical (unpaired) electrons. The quantitative estimate of drug-likeness (QED) is 0.460. The van der Waals surface area contributed by atoms with Gasteiger partial charge in [0.2, 0.25) is 5.95 Å². The van der Waals surface area contributed by atoms with Gasteiger partial charge in [-0.1, -0.05) is 11.3 Å². The second kappa shape index (κ2) is 8.18. The van der Waals surface area contributed by atoms with Gasteiger partial charge < -0.3 is 16.0 Å². The Morgan fingerprint density at radius 2 is 1.97 bits per heavy atom. The van der Waals surface area contributed by atoms with Crippen molar-refractivity contribution in [2.75, 3.05) is 49.9 Å². The Morgan fingerprint density at radius 1 is 1.20 bits per heavy atom. The van der Waals surface area contributed by atoms with Crippen LogP contribution in [0.1, 0.15) is 12.0 Å². The largest absolute Gasteiger partial charge is 0.361 e. The highest BCUT2D eigenvalue weighted by atomic mass is 32.2. The van der Waals surface area contributed by atoms with Crippen LogP contribution >= 0.6 is 11.3 Å². The van der Waals surface area contributed by atoms with Crippen LogP contribution in [0.25, 0.3) is 10.2 Å². The highest BCUT2D eigenvalue weighted by molar-refractivity contribution is 7.82. The number of thiazole rings is 1. The third-order valence-corrected chi connectivity index (χ3v) is 7.87. The van der Waals surface area contributed by atoms with E-state index in [9.17, 15) is 4.21 Å². The molecule has 1 aromatic carbocycles. The first-order chi connectivity index (χ1) is 14.6. The first-order valence-corrected chi connectivity index (χ1v) is 12.1. The van der Waals surface area contributed by atoms with E-state index in [1.165, 1.54) is 0 Å². The van der Waals surface area contributed by atoms with Crippen LogP contribution in [0.3, 0.4) is 0 Å². The summed E-state index contributed by atoms with van der Waals surface area (Å²) < 4.78 is 16.0. The van der Waals surface area contributed by atoms with Gasteiger partial charge in [-0.05, 0) is 37.1 Å². The number of nitrogens with zero attached hydrogens (tertiary/aromatic N) is 4. The third kappa shape index (κ3) is 4.04. The number of benzene rings is 1. The molecule has 2 aliphatic heterocycles. The van der Waals surface area contributed by atoms with Crippen molar-refractivity contribution in [3.8, 4) is 0 Å². The molecule has 0 saturated carbocycles. The fraction of sp³-hybridized carbons (Fsp3) is 0.450. The molecule has 3 aromatic rings. The fourth-order valence-electron chi connectivity index (χ4n) is 3.73. The van der Waals surface area contributed by atoms with Crippen LogP contribution in [0, 0.1) is 12.3 Å². The number of anilines is 2. The van der Waals surface area contributed by atoms with Crippen LogP contribution in [0.4, 0.5) is 11.1 Å². The van der Waals surface area contributed by atoms with E-state index in [0.29, 0.717) is 11.4 Å². The maximum Gasteiger partial charge on any atom is 0.222 e. The summed E-state index contributed by atoms with van der Waals surface area (Å²) in [6, 6.07) is 5.94. The lowest BCUT2D eigenvalue weighted by molar-refractivity contribution is 0.0199. The lowest BCUT2D eigenvalue weighted by Gasteiger charge is -2.55. The van der Waals surface area contributed by atoms with Gasteiger partial charge in [0, 0.05) is 57.1 Å². The topological polar surface area (TPSA) is 95.1 Å². The van der Waals surface area contributed by atoms with Gasteiger partial charge >= 0.3 is 0 Å². The molecule has 0 aliphatic carbocycles. The minimum absolute atomic E-state index is 0.377. The summed E-state index contributed by atoms with van der Waals surface area (Å²) in [4.78, 5) is 14.0. The maximum atomic E-state index is 12.9. The molecule has 2 saturated heterocycles. The summed E-state index contributed by atoms with van der Waals surface area (Å²) in [5.74, 6) is 0.655. The number of aryl methyl sites for hydroxylation is 1. The van der Waals surface area contributed by atoms with Crippen LogP contribution in [0.15, 0.2) is 35.5 Å². The van der Waals surface area contributed by atoms with Gasteiger partial charge in [0.25, 0.3) is 0 Å². The molecule has 10 heteroatoms. The molecule has 0 amide bonds. The second-order valence-electron chi connectivity index (χ2n) is 8.09. The van der Waals surface area contributed by atoms with E-state index in [2.05, 4.69) is 35.2 Å². The van der Waals surface area contributed by atoms with Gasteiger partial charge in [-0.15, -0.1) is 0 Å². The number of fused-ring (bicyclic) bond motifs is 1. The zero-order valence-electron chi connectivity index (χ0n) is 16.9. The Bertz CT molecular complexity index is 1060. The smallest absolute Gasteiger partial charge is 0.222 e. The van der Waals surface area contributed by atoms with Crippen molar-refractivity contribution in [3.05, 3.63) is 36.2 Å². The van der Waals surface area contributed by atoms with E-state index >= 15 is 0 Å². The van der Waals surface area contributed by atoms with E-state index in [0.717, 1.165) is 71.5 Å². The molecule has 2 fully saturated rings. The van der Waals surface area contributed by atoms with Gasteiger partial charge in [-0.3, -0.25) is 0 Å². The summed E-state index contributed by atoms with van der Waals surface area (Å²) in [6.45, 7) is 7.51. The van der Waals surface area contributed by atoms with Crippen molar-refractivity contribution >= 4 is 43.6 Å². The molecule has 1 atom stereocenters. The normalized spacial score (nSPS) is 18.7. The molecule has 1 unspecified atom stereocenters. The molecule has 5 rings (SSSR count). The van der Waals surface area contributed by atoms with Gasteiger partial charge in [-0.25, -0.2) is 23.5 Å². The molecular formula is C20H25N7OS2. The summed E-state index contributed by atoms with van der Waals surface area (Å²) in [7, 11) is -1.09. The van der Waals surface area contributed by atoms with E-state index in [4.69, 9.17) is 0 Å². The van der Waals surface area contributed by atoms with Crippen LogP contribution in [-0.2, 0) is 11.0 Å². The number of hydrogen-bond donors (Lipinski definition) is 3. The highest BCUT2D eigenvalue weighted by Gasteiger charge is 2.49. The lowest BCUT2D eigenvalue weighted by atomic mass is 9.76. The Hall–Kier alpha value is -2.14. The molecule has 8 nitrogen and oxygen atoms in total. The maximum absolute atomic E-state index is 12.9. The van der Waals surface area contributed by atoms with Crippen molar-refractivity contribution in [1.29, 1.82) is 0 Å². The zero-order chi connectivity index (χ0) is 20.6. The molecule has 3 N–H and O–H groups in total. The fourth-order valence-corrected chi connectivity index (χ4v) is 6.22. The van der Waals surface area contributed by atoms with Crippen LogP contribution < -0.4 is 16.0 Å². The molecule has 0 bridgehead atoms. The standard InChI is InChI=1S/C20H25N7OS2/c1-14-8-24-18(25-9-14)22-5-2-6-23-19-26-16-4-3-15(7-17(16)29-19)30(28)27-12-20(13-27)10-21-11-20/h3-4,7-9,21H,2,5-6,10-13H2,1H3,(H,23,26)(H,22,24,25). The van der Waals surface area contributed by atoms with Crippen LogP contribution in [0.2, 0.25) is 0 Å². The molecular weight excluding hydrogens is 418 g/mol. The van der Waals surface area contributed by atoms with E-state index < -0.39 is 11.0 Å². The highest BCUT2D eigenvalue weighted by Crippen LogP contribution is 2.37. The monoisotopic (exact) mass is 443 g/mol. The number of aromatic nitrogens is 3. The summed E-state index contributed by atoms with van der Waals surface area (Å²) in [6.07, 6.45) is 4.54.